The zero-order valence-electron chi connectivity index (χ0n) is 19.6. The molecule has 0 unspecified atom stereocenters. The zero-order valence-corrected chi connectivity index (χ0v) is 24.3. The normalized spacial score (nSPS) is 11.1. The monoisotopic (exact) mass is 636 g/mol. The second-order valence-electron chi connectivity index (χ2n) is 7.96. The van der Waals surface area contributed by atoms with Crippen molar-refractivity contribution in [2.75, 3.05) is 11.1 Å². The number of carbonyl (C=O) groups excluding carboxylic acids is 2. The maximum atomic E-state index is 12.8. The van der Waals surface area contributed by atoms with Gasteiger partial charge in [0.1, 0.15) is 0 Å². The first-order valence-electron chi connectivity index (χ1n) is 11.2. The van der Waals surface area contributed by atoms with E-state index >= 15 is 0 Å². The van der Waals surface area contributed by atoms with E-state index in [0.717, 1.165) is 10.2 Å². The molecule has 2 aromatic heterocycles. The molecule has 2 amide bonds. The first kappa shape index (κ1) is 27.7. The fourth-order valence-electron chi connectivity index (χ4n) is 3.53. The van der Waals surface area contributed by atoms with Gasteiger partial charge in [-0.25, -0.2) is 4.98 Å². The van der Waals surface area contributed by atoms with Crippen LogP contribution in [0.25, 0.3) is 15.9 Å². The summed E-state index contributed by atoms with van der Waals surface area (Å²) >= 11 is 27.1. The lowest BCUT2D eigenvalue weighted by atomic mass is 10.2. The van der Waals surface area contributed by atoms with E-state index in [1.807, 2.05) is 24.3 Å². The molecule has 0 bridgehead atoms. The molecule has 3 aromatic carbocycles. The molecular formula is C25H16Cl4N6O2S2. The van der Waals surface area contributed by atoms with E-state index in [0.29, 0.717) is 36.9 Å². The number of hydrogen-bond donors (Lipinski definition) is 2. The van der Waals surface area contributed by atoms with Crippen LogP contribution in [0.2, 0.25) is 20.1 Å². The molecule has 0 saturated heterocycles. The molecule has 5 aromatic rings. The lowest BCUT2D eigenvalue weighted by molar-refractivity contribution is -0.113. The van der Waals surface area contributed by atoms with Gasteiger partial charge < -0.3 is 10.6 Å². The van der Waals surface area contributed by atoms with Gasteiger partial charge >= 0.3 is 0 Å². The number of halogens is 4. The van der Waals surface area contributed by atoms with E-state index in [1.54, 1.807) is 34.9 Å². The number of nitrogens with zero attached hydrogens (tertiary/aromatic N) is 4. The van der Waals surface area contributed by atoms with Crippen LogP contribution < -0.4 is 10.6 Å². The van der Waals surface area contributed by atoms with Crippen LogP contribution in [-0.4, -0.2) is 37.3 Å². The fraction of sp³-hybridized carbons (Fsp3) is 0.0800. The van der Waals surface area contributed by atoms with E-state index in [1.165, 1.54) is 29.2 Å². The lowest BCUT2D eigenvalue weighted by Crippen LogP contribution is -2.25. The van der Waals surface area contributed by atoms with Gasteiger partial charge in [0.25, 0.3) is 5.91 Å². The lowest BCUT2D eigenvalue weighted by Gasteiger charge is -2.12. The molecule has 0 aliphatic rings. The molecule has 0 atom stereocenters. The van der Waals surface area contributed by atoms with Gasteiger partial charge in [-0.15, -0.1) is 10.2 Å². The Labute approximate surface area is 250 Å². The van der Waals surface area contributed by atoms with Gasteiger partial charge in [0.2, 0.25) is 5.91 Å². The van der Waals surface area contributed by atoms with Crippen molar-refractivity contribution in [2.24, 2.45) is 0 Å². The van der Waals surface area contributed by atoms with Gasteiger partial charge in [-0.05, 0) is 48.5 Å². The number of thioether (sulfide) groups is 1. The minimum absolute atomic E-state index is 0.00732. The van der Waals surface area contributed by atoms with Crippen molar-refractivity contribution in [2.45, 2.75) is 11.7 Å². The van der Waals surface area contributed by atoms with Crippen LogP contribution in [0.4, 0.5) is 5.13 Å². The first-order chi connectivity index (χ1) is 18.8. The summed E-state index contributed by atoms with van der Waals surface area (Å²) in [6.45, 7) is 0.00732. The quantitative estimate of drug-likeness (QED) is 0.175. The smallest absolute Gasteiger partial charge is 0.253 e. The Morgan fingerprint density at radius 2 is 1.72 bits per heavy atom. The van der Waals surface area contributed by atoms with E-state index in [9.17, 15) is 9.59 Å². The van der Waals surface area contributed by atoms with Gasteiger partial charge in [0.15, 0.2) is 16.1 Å². The highest BCUT2D eigenvalue weighted by atomic mass is 35.5. The number of para-hydroxylation sites is 1. The predicted molar refractivity (Wildman–Crippen MR) is 158 cm³/mol. The minimum atomic E-state index is -0.435. The maximum absolute atomic E-state index is 12.8. The van der Waals surface area contributed by atoms with Crippen molar-refractivity contribution in [1.29, 1.82) is 0 Å². The third-order valence-corrected chi connectivity index (χ3v) is 8.50. The largest absolute Gasteiger partial charge is 0.345 e. The highest BCUT2D eigenvalue weighted by molar-refractivity contribution is 7.99. The molecule has 2 N–H and O–H groups in total. The Balaban J connectivity index is 1.34. The molecule has 8 nitrogen and oxygen atoms in total. The third kappa shape index (κ3) is 6.49. The molecule has 0 saturated carbocycles. The highest BCUT2D eigenvalue weighted by Gasteiger charge is 2.19. The Kier molecular flexibility index (Phi) is 8.61. The van der Waals surface area contributed by atoms with Crippen molar-refractivity contribution in [1.82, 2.24) is 25.1 Å². The number of hydrogen-bond acceptors (Lipinski definition) is 7. The van der Waals surface area contributed by atoms with E-state index in [2.05, 4.69) is 25.8 Å². The molecule has 0 fully saturated rings. The highest BCUT2D eigenvalue weighted by Crippen LogP contribution is 2.29. The van der Waals surface area contributed by atoms with Crippen LogP contribution in [-0.2, 0) is 11.3 Å². The van der Waals surface area contributed by atoms with Crippen molar-refractivity contribution in [3.8, 4) is 5.69 Å². The summed E-state index contributed by atoms with van der Waals surface area (Å²) in [4.78, 5) is 29.9. The van der Waals surface area contributed by atoms with E-state index in [-0.39, 0.29) is 28.8 Å². The fourth-order valence-corrected chi connectivity index (χ4v) is 5.85. The summed E-state index contributed by atoms with van der Waals surface area (Å²) < 4.78 is 2.67. The molecule has 0 aliphatic carbocycles. The second kappa shape index (κ2) is 12.1. The van der Waals surface area contributed by atoms with E-state index < -0.39 is 5.91 Å². The maximum Gasteiger partial charge on any atom is 0.253 e. The number of rotatable bonds is 8. The number of thiazole rings is 1. The molecule has 2 heterocycles. The molecule has 0 aliphatic heterocycles. The Morgan fingerprint density at radius 1 is 0.923 bits per heavy atom. The van der Waals surface area contributed by atoms with Gasteiger partial charge in [0, 0.05) is 5.02 Å². The number of fused-ring (bicyclic) bond motifs is 1. The number of anilines is 1. The standard InChI is InChI=1S/C25H16Cl4N6O2S2/c26-13-5-7-16(27)15(9-13)23(37)30-11-21-33-34-25(35(21)14-6-8-17(28)18(29)10-14)38-12-22(36)32-24-31-19-3-1-2-4-20(19)39-24/h1-10H,11-12H2,(H,30,37)(H,31,32,36). The van der Waals surface area contributed by atoms with Crippen LogP contribution >= 0.6 is 69.5 Å². The van der Waals surface area contributed by atoms with Gasteiger partial charge in [-0.2, -0.15) is 0 Å². The van der Waals surface area contributed by atoms with Crippen LogP contribution in [0, 0.1) is 0 Å². The van der Waals surface area contributed by atoms with Gasteiger partial charge in [-0.3, -0.25) is 14.2 Å². The zero-order chi connectivity index (χ0) is 27.5. The van der Waals surface area contributed by atoms with E-state index in [4.69, 9.17) is 46.4 Å². The Morgan fingerprint density at radius 3 is 2.51 bits per heavy atom. The van der Waals surface area contributed by atoms with Crippen LogP contribution in [0.5, 0.6) is 0 Å². The number of carbonyl (C=O) groups is 2. The summed E-state index contributed by atoms with van der Waals surface area (Å²) in [6.07, 6.45) is 0. The summed E-state index contributed by atoms with van der Waals surface area (Å²) in [7, 11) is 0. The SMILES string of the molecule is O=C(CSc1nnc(CNC(=O)c2cc(Cl)ccc2Cl)n1-c1ccc(Cl)c(Cl)c1)Nc1nc2ccccc2s1. The topological polar surface area (TPSA) is 102 Å². The van der Waals surface area contributed by atoms with Crippen LogP contribution in [0.3, 0.4) is 0 Å². The van der Waals surface area contributed by atoms with Crippen molar-refractivity contribution >= 4 is 96.7 Å². The molecule has 14 heteroatoms. The molecule has 39 heavy (non-hydrogen) atoms. The molecule has 198 valence electrons. The minimum Gasteiger partial charge on any atom is -0.345 e. The average molecular weight is 638 g/mol. The number of aromatic nitrogens is 4. The summed E-state index contributed by atoms with van der Waals surface area (Å²) in [5, 5.41) is 16.4. The predicted octanol–water partition coefficient (Wildman–Crippen LogP) is 7.15. The summed E-state index contributed by atoms with van der Waals surface area (Å²) in [5.74, 6) is -0.252. The van der Waals surface area contributed by atoms with Crippen LogP contribution in [0.15, 0.2) is 65.8 Å². The number of nitrogens with one attached hydrogen (secondary N) is 2. The molecular weight excluding hydrogens is 622 g/mol. The molecule has 0 spiro atoms. The van der Waals surface area contributed by atoms with Crippen molar-refractivity contribution < 1.29 is 9.59 Å². The molecule has 0 radical (unpaired) electrons. The number of benzene rings is 3. The first-order valence-corrected chi connectivity index (χ1v) is 14.5. The molecule has 5 rings (SSSR count). The van der Waals surface area contributed by atoms with Gasteiger partial charge in [0.05, 0.1) is 48.8 Å². The summed E-state index contributed by atoms with van der Waals surface area (Å²) in [5.41, 5.74) is 1.65. The van der Waals surface area contributed by atoms with Gasteiger partial charge in [-0.1, -0.05) is 81.6 Å². The summed E-state index contributed by atoms with van der Waals surface area (Å²) in [6, 6.07) is 17.3. The van der Waals surface area contributed by atoms with Crippen LogP contribution in [0.1, 0.15) is 16.2 Å². The Hall–Kier alpha value is -2.86. The van der Waals surface area contributed by atoms with Crippen molar-refractivity contribution in [3.63, 3.8) is 0 Å². The third-order valence-electron chi connectivity index (χ3n) is 5.31. The van der Waals surface area contributed by atoms with Crippen molar-refractivity contribution in [3.05, 3.63) is 92.1 Å². The Bertz CT molecular complexity index is 1670. The average Bonchev–Trinajstić information content (AvgIpc) is 3.52. The number of amides is 2. The second-order valence-corrected chi connectivity index (χ2v) is 11.6.